The van der Waals surface area contributed by atoms with Crippen LogP contribution in [0.25, 0.3) is 5.57 Å². The highest BCUT2D eigenvalue weighted by atomic mass is 35.5. The van der Waals surface area contributed by atoms with E-state index in [4.69, 9.17) is 52.1 Å². The van der Waals surface area contributed by atoms with Gasteiger partial charge in [0.2, 0.25) is 5.95 Å². The number of hydrogen-bond acceptors (Lipinski definition) is 4. The lowest BCUT2D eigenvalue weighted by atomic mass is 10.0. The number of nitrogens with one attached hydrogen (secondary N) is 2. The second-order valence-corrected chi connectivity index (χ2v) is 6.96. The molecule has 4 N–H and O–H groups in total. The summed E-state index contributed by atoms with van der Waals surface area (Å²) in [6.45, 7) is 0.399. The summed E-state index contributed by atoms with van der Waals surface area (Å²) in [5, 5.41) is 10.8. The van der Waals surface area contributed by atoms with E-state index in [9.17, 15) is 0 Å². The maximum Gasteiger partial charge on any atom is 0.239 e. The molecule has 1 aromatic carbocycles. The van der Waals surface area contributed by atoms with Crippen molar-refractivity contribution in [2.75, 3.05) is 11.1 Å². The van der Waals surface area contributed by atoms with Crippen molar-refractivity contribution in [2.24, 2.45) is 0 Å². The first-order valence-electron chi connectivity index (χ1n) is 7.24. The highest BCUT2D eigenvalue weighted by Gasteiger charge is 2.17. The third-order valence-electron chi connectivity index (χ3n) is 3.44. The van der Waals surface area contributed by atoms with E-state index in [-0.39, 0.29) is 11.3 Å². The highest BCUT2D eigenvalue weighted by Crippen LogP contribution is 2.39. The molecular weight excluding hydrogens is 404 g/mol. The first kappa shape index (κ1) is 18.1. The number of nitrogen functional groups attached to an aromatic ring is 1. The van der Waals surface area contributed by atoms with Gasteiger partial charge in [-0.25, -0.2) is 0 Å². The van der Waals surface area contributed by atoms with Gasteiger partial charge < -0.3 is 11.1 Å². The number of nitrogens with zero attached hydrogens (tertiary/aromatic N) is 2. The van der Waals surface area contributed by atoms with Gasteiger partial charge in [0.15, 0.2) is 0 Å². The molecular formula is C16H13Cl4N5. The Morgan fingerprint density at radius 1 is 1.20 bits per heavy atom. The fraction of sp³-hybridized carbons (Fsp3) is 0.125. The average Bonchev–Trinajstić information content (AvgIpc) is 2.88. The Balaban J connectivity index is 1.86. The zero-order valence-electron chi connectivity index (χ0n) is 12.7. The predicted octanol–water partition coefficient (Wildman–Crippen LogP) is 4.99. The molecule has 1 aliphatic carbocycles. The summed E-state index contributed by atoms with van der Waals surface area (Å²) in [4.78, 5) is 4.02. The first-order valence-corrected chi connectivity index (χ1v) is 8.81. The van der Waals surface area contributed by atoms with E-state index in [0.29, 0.717) is 38.6 Å². The minimum Gasteiger partial charge on any atom is -0.378 e. The largest absolute Gasteiger partial charge is 0.378 e. The highest BCUT2D eigenvalue weighted by molar-refractivity contribution is 6.43. The zero-order valence-corrected chi connectivity index (χ0v) is 15.8. The van der Waals surface area contributed by atoms with Crippen LogP contribution >= 0.6 is 46.4 Å². The molecule has 1 aromatic heterocycles. The number of aromatic amines is 1. The lowest BCUT2D eigenvalue weighted by molar-refractivity contribution is 0.955. The van der Waals surface area contributed by atoms with Crippen LogP contribution in [-0.2, 0) is 6.54 Å². The number of rotatable bonds is 4. The predicted molar refractivity (Wildman–Crippen MR) is 105 cm³/mol. The molecule has 3 rings (SSSR count). The lowest BCUT2D eigenvalue weighted by Gasteiger charge is -2.13. The van der Waals surface area contributed by atoms with Crippen LogP contribution in [0.1, 0.15) is 11.4 Å². The van der Waals surface area contributed by atoms with Crippen LogP contribution in [0.2, 0.25) is 10.0 Å². The summed E-state index contributed by atoms with van der Waals surface area (Å²) in [5.41, 5.74) is 7.56. The van der Waals surface area contributed by atoms with Crippen LogP contribution in [0, 0.1) is 0 Å². The lowest BCUT2D eigenvalue weighted by Crippen LogP contribution is -2.02. The van der Waals surface area contributed by atoms with Crippen LogP contribution in [-0.4, -0.2) is 20.6 Å². The quantitative estimate of drug-likeness (QED) is 0.613. The maximum atomic E-state index is 6.44. The molecule has 0 saturated carbocycles. The normalized spacial score (nSPS) is 17.0. The molecule has 0 radical (unpaired) electrons. The second kappa shape index (κ2) is 7.70. The zero-order chi connectivity index (χ0) is 18.0. The molecule has 0 saturated heterocycles. The van der Waals surface area contributed by atoms with Gasteiger partial charge in [-0.1, -0.05) is 53.0 Å². The number of alkyl halides is 1. The number of allylic oxidation sites excluding steroid dienone is 6. The molecule has 25 heavy (non-hydrogen) atoms. The standard InChI is InChI=1S/C16H13Cl4N5/c17-8-2-1-3-10(11(18)4-8)15-12(19)5-9(6-13(15)20)22-7-14-23-16(21)25-24-14/h1-6,8,22H,7H2,(H3,21,23,24,25). The van der Waals surface area contributed by atoms with Crippen LogP contribution in [0.4, 0.5) is 11.6 Å². The fourth-order valence-electron chi connectivity index (χ4n) is 2.33. The summed E-state index contributed by atoms with van der Waals surface area (Å²) in [5.74, 6) is 0.792. The van der Waals surface area contributed by atoms with Crippen molar-refractivity contribution in [1.29, 1.82) is 0 Å². The van der Waals surface area contributed by atoms with Gasteiger partial charge in [0.1, 0.15) is 5.82 Å². The van der Waals surface area contributed by atoms with Gasteiger partial charge in [0.25, 0.3) is 0 Å². The second-order valence-electron chi connectivity index (χ2n) is 5.23. The van der Waals surface area contributed by atoms with Crippen molar-refractivity contribution in [2.45, 2.75) is 11.9 Å². The smallest absolute Gasteiger partial charge is 0.239 e. The number of aromatic nitrogens is 3. The Bertz CT molecular complexity index is 861. The van der Waals surface area contributed by atoms with Crippen molar-refractivity contribution in [3.8, 4) is 0 Å². The third kappa shape index (κ3) is 4.30. The van der Waals surface area contributed by atoms with Gasteiger partial charge in [-0.05, 0) is 18.2 Å². The Morgan fingerprint density at radius 3 is 2.56 bits per heavy atom. The summed E-state index contributed by atoms with van der Waals surface area (Å²) in [7, 11) is 0. The Morgan fingerprint density at radius 2 is 1.92 bits per heavy atom. The maximum absolute atomic E-state index is 6.44. The van der Waals surface area contributed by atoms with E-state index in [1.807, 2.05) is 18.2 Å². The molecule has 0 bridgehead atoms. The van der Waals surface area contributed by atoms with E-state index in [2.05, 4.69) is 20.5 Å². The van der Waals surface area contributed by atoms with E-state index in [0.717, 1.165) is 5.69 Å². The molecule has 0 aliphatic heterocycles. The molecule has 1 atom stereocenters. The van der Waals surface area contributed by atoms with Crippen molar-refractivity contribution in [3.05, 3.63) is 62.9 Å². The van der Waals surface area contributed by atoms with Crippen molar-refractivity contribution >= 4 is 63.6 Å². The molecule has 5 nitrogen and oxygen atoms in total. The molecule has 1 aliphatic rings. The Labute approximate surface area is 164 Å². The van der Waals surface area contributed by atoms with Gasteiger partial charge in [0.05, 0.1) is 22.0 Å². The number of hydrogen-bond donors (Lipinski definition) is 3. The van der Waals surface area contributed by atoms with E-state index in [1.54, 1.807) is 18.2 Å². The molecule has 0 amide bonds. The van der Waals surface area contributed by atoms with Gasteiger partial charge in [0, 0.05) is 21.9 Å². The number of halogens is 4. The summed E-state index contributed by atoms with van der Waals surface area (Å²) < 4.78 is 0. The van der Waals surface area contributed by atoms with Crippen molar-refractivity contribution in [1.82, 2.24) is 15.2 Å². The molecule has 9 heteroatoms. The Kier molecular flexibility index (Phi) is 5.59. The summed E-state index contributed by atoms with van der Waals surface area (Å²) >= 11 is 25.3. The van der Waals surface area contributed by atoms with Crippen molar-refractivity contribution in [3.63, 3.8) is 0 Å². The number of H-pyrrole nitrogens is 1. The molecule has 2 aromatic rings. The van der Waals surface area contributed by atoms with Gasteiger partial charge in [-0.15, -0.1) is 16.7 Å². The van der Waals surface area contributed by atoms with Gasteiger partial charge in [-0.3, -0.25) is 5.10 Å². The average molecular weight is 417 g/mol. The minimum absolute atomic E-state index is 0.190. The van der Waals surface area contributed by atoms with E-state index < -0.39 is 0 Å². The van der Waals surface area contributed by atoms with Crippen LogP contribution in [0.15, 0.2) is 41.5 Å². The van der Waals surface area contributed by atoms with Gasteiger partial charge >= 0.3 is 0 Å². The molecule has 1 heterocycles. The number of nitrogens with two attached hydrogens (primary N) is 1. The van der Waals surface area contributed by atoms with Crippen LogP contribution < -0.4 is 11.1 Å². The van der Waals surface area contributed by atoms with Gasteiger partial charge in [-0.2, -0.15) is 4.98 Å². The fourth-order valence-corrected chi connectivity index (χ4v) is 3.59. The number of benzene rings is 1. The first-order chi connectivity index (χ1) is 11.9. The van der Waals surface area contributed by atoms with E-state index in [1.165, 1.54) is 0 Å². The summed E-state index contributed by atoms with van der Waals surface area (Å²) in [6, 6.07) is 3.53. The van der Waals surface area contributed by atoms with Crippen LogP contribution in [0.3, 0.4) is 0 Å². The third-order valence-corrected chi connectivity index (χ3v) is 4.64. The Hall–Kier alpha value is -1.66. The summed E-state index contributed by atoms with van der Waals surface area (Å²) in [6.07, 6.45) is 7.20. The van der Waals surface area contributed by atoms with E-state index >= 15 is 0 Å². The minimum atomic E-state index is -0.283. The van der Waals surface area contributed by atoms with Crippen molar-refractivity contribution < 1.29 is 0 Å². The SMILES string of the molecule is Nc1n[nH]c(CNc2cc(Cl)c(C3=CC=CC(Cl)C=C3Cl)c(Cl)c2)n1. The molecule has 0 fully saturated rings. The monoisotopic (exact) mass is 415 g/mol. The molecule has 130 valence electrons. The molecule has 0 spiro atoms. The van der Waals surface area contributed by atoms with Crippen LogP contribution in [0.5, 0.6) is 0 Å². The topological polar surface area (TPSA) is 79.6 Å². The molecule has 1 unspecified atom stereocenters. The number of anilines is 2.